The highest BCUT2D eigenvalue weighted by atomic mass is 19.4. The van der Waals surface area contributed by atoms with Gasteiger partial charge in [-0.2, -0.15) is 18.3 Å². The number of halogens is 3. The van der Waals surface area contributed by atoms with Crippen molar-refractivity contribution in [1.82, 2.24) is 34.3 Å². The van der Waals surface area contributed by atoms with E-state index in [0.717, 1.165) is 11.3 Å². The average molecular weight is 467 g/mol. The number of imidazole rings is 1. The van der Waals surface area contributed by atoms with Crippen LogP contribution < -0.4 is 10.4 Å². The zero-order valence-electron chi connectivity index (χ0n) is 17.4. The van der Waals surface area contributed by atoms with Gasteiger partial charge in [0.15, 0.2) is 18.1 Å². The summed E-state index contributed by atoms with van der Waals surface area (Å²) in [6.45, 7) is -1.28. The van der Waals surface area contributed by atoms with Crippen molar-refractivity contribution in [3.8, 4) is 23.0 Å². The lowest BCUT2D eigenvalue weighted by Gasteiger charge is -2.11. The SMILES string of the molecule is O=c1[nH]c2cnc(-c3cccnc3OCC(F)(F)F)nc2n1Cc1ccc(-n2cccn2)cc1. The van der Waals surface area contributed by atoms with E-state index in [0.29, 0.717) is 11.2 Å². The normalized spacial score (nSPS) is 11.7. The number of hydrogen-bond acceptors (Lipinski definition) is 6. The number of aromatic amines is 1. The molecule has 12 heteroatoms. The number of nitrogens with zero attached hydrogens (tertiary/aromatic N) is 6. The molecule has 0 radical (unpaired) electrons. The number of rotatable bonds is 6. The zero-order chi connectivity index (χ0) is 23.7. The Morgan fingerprint density at radius 3 is 2.59 bits per heavy atom. The Morgan fingerprint density at radius 2 is 1.85 bits per heavy atom. The molecule has 0 atom stereocenters. The van der Waals surface area contributed by atoms with Crippen LogP contribution in [0.4, 0.5) is 13.2 Å². The lowest BCUT2D eigenvalue weighted by atomic mass is 10.2. The summed E-state index contributed by atoms with van der Waals surface area (Å²) in [7, 11) is 0. The molecule has 0 saturated carbocycles. The second-order valence-electron chi connectivity index (χ2n) is 7.32. The molecule has 0 aliphatic rings. The van der Waals surface area contributed by atoms with Crippen molar-refractivity contribution in [3.05, 3.63) is 83.3 Å². The Balaban J connectivity index is 1.48. The van der Waals surface area contributed by atoms with Gasteiger partial charge in [-0.1, -0.05) is 12.1 Å². The summed E-state index contributed by atoms with van der Waals surface area (Å²) < 4.78 is 45.8. The first-order valence-electron chi connectivity index (χ1n) is 10.1. The fourth-order valence-corrected chi connectivity index (χ4v) is 3.41. The second-order valence-corrected chi connectivity index (χ2v) is 7.32. The summed E-state index contributed by atoms with van der Waals surface area (Å²) in [6, 6.07) is 12.4. The van der Waals surface area contributed by atoms with E-state index in [9.17, 15) is 18.0 Å². The van der Waals surface area contributed by atoms with Crippen LogP contribution >= 0.6 is 0 Å². The maximum absolute atomic E-state index is 12.6. The number of ether oxygens (including phenoxy) is 1. The number of hydrogen-bond donors (Lipinski definition) is 1. The average Bonchev–Trinajstić information content (AvgIpc) is 3.46. The van der Waals surface area contributed by atoms with Gasteiger partial charge in [0.25, 0.3) is 0 Å². The van der Waals surface area contributed by atoms with Gasteiger partial charge < -0.3 is 9.72 Å². The van der Waals surface area contributed by atoms with Crippen LogP contribution in [0.15, 0.2) is 72.0 Å². The molecule has 4 heterocycles. The maximum atomic E-state index is 12.6. The Hall–Kier alpha value is -4.48. The monoisotopic (exact) mass is 467 g/mol. The summed E-state index contributed by atoms with van der Waals surface area (Å²) in [5, 5.41) is 4.18. The van der Waals surface area contributed by atoms with Crippen LogP contribution in [0.1, 0.15) is 5.56 Å². The highest BCUT2D eigenvalue weighted by molar-refractivity contribution is 5.74. The molecule has 0 aliphatic carbocycles. The van der Waals surface area contributed by atoms with Crippen LogP contribution in [0.25, 0.3) is 28.2 Å². The van der Waals surface area contributed by atoms with Crippen molar-refractivity contribution in [3.63, 3.8) is 0 Å². The molecule has 0 spiro atoms. The van der Waals surface area contributed by atoms with Crippen molar-refractivity contribution < 1.29 is 17.9 Å². The summed E-state index contributed by atoms with van der Waals surface area (Å²) in [4.78, 5) is 27.8. The summed E-state index contributed by atoms with van der Waals surface area (Å²) in [6.07, 6.45) is 1.69. The van der Waals surface area contributed by atoms with Gasteiger partial charge in [0.05, 0.1) is 24.0 Å². The molecule has 0 saturated heterocycles. The lowest BCUT2D eigenvalue weighted by Crippen LogP contribution is -2.20. The van der Waals surface area contributed by atoms with Gasteiger partial charge in [-0.25, -0.2) is 24.4 Å². The molecule has 1 N–H and O–H groups in total. The Kier molecular flexibility index (Phi) is 5.32. The predicted molar refractivity (Wildman–Crippen MR) is 116 cm³/mol. The van der Waals surface area contributed by atoms with Gasteiger partial charge >= 0.3 is 11.9 Å². The van der Waals surface area contributed by atoms with Crippen LogP contribution in [-0.2, 0) is 6.54 Å². The number of alkyl halides is 3. The van der Waals surface area contributed by atoms with E-state index in [-0.39, 0.29) is 23.8 Å². The van der Waals surface area contributed by atoms with Gasteiger partial charge in [-0.05, 0) is 35.9 Å². The predicted octanol–water partition coefficient (Wildman–Crippen LogP) is 3.36. The lowest BCUT2D eigenvalue weighted by molar-refractivity contribution is -0.154. The Bertz CT molecular complexity index is 1490. The fraction of sp³-hybridized carbons (Fsp3) is 0.136. The van der Waals surface area contributed by atoms with Gasteiger partial charge in [0.2, 0.25) is 5.88 Å². The summed E-state index contributed by atoms with van der Waals surface area (Å²) >= 11 is 0. The van der Waals surface area contributed by atoms with Crippen LogP contribution in [-0.4, -0.2) is 47.1 Å². The first-order valence-corrected chi connectivity index (χ1v) is 10.1. The fourth-order valence-electron chi connectivity index (χ4n) is 3.41. The molecule has 0 amide bonds. The first kappa shape index (κ1) is 21.4. The third-order valence-corrected chi connectivity index (χ3v) is 4.94. The van der Waals surface area contributed by atoms with E-state index in [2.05, 4.69) is 25.0 Å². The number of pyridine rings is 1. The van der Waals surface area contributed by atoms with Crippen molar-refractivity contribution in [2.75, 3.05) is 6.61 Å². The Labute approximate surface area is 189 Å². The van der Waals surface area contributed by atoms with Crippen LogP contribution in [0.2, 0.25) is 0 Å². The van der Waals surface area contributed by atoms with Crippen molar-refractivity contribution in [2.45, 2.75) is 12.7 Å². The number of H-pyrrole nitrogens is 1. The minimum atomic E-state index is -4.52. The van der Waals surface area contributed by atoms with Gasteiger partial charge in [-0.3, -0.25) is 4.57 Å². The summed E-state index contributed by atoms with van der Waals surface area (Å²) in [5.74, 6) is -0.169. The molecular formula is C22H16F3N7O2. The molecule has 4 aromatic heterocycles. The van der Waals surface area contributed by atoms with E-state index >= 15 is 0 Å². The number of benzene rings is 1. The molecule has 9 nitrogen and oxygen atoms in total. The van der Waals surface area contributed by atoms with Crippen LogP contribution in [0, 0.1) is 0 Å². The highest BCUT2D eigenvalue weighted by Gasteiger charge is 2.29. The van der Waals surface area contributed by atoms with Crippen molar-refractivity contribution in [1.29, 1.82) is 0 Å². The topological polar surface area (TPSA) is 104 Å². The standard InChI is InChI=1S/C22H16F3N7O2/c23-22(24,25)13-34-20-16(3-1-8-26-20)18-27-11-17-19(30-18)31(21(33)29-17)12-14-4-6-15(7-5-14)32-10-2-9-28-32/h1-11H,12-13H2,(H,29,33). The third-order valence-electron chi connectivity index (χ3n) is 4.94. The molecule has 0 unspecified atom stereocenters. The minimum Gasteiger partial charge on any atom is -0.467 e. The van der Waals surface area contributed by atoms with Gasteiger partial charge in [0.1, 0.15) is 5.52 Å². The zero-order valence-corrected chi connectivity index (χ0v) is 17.4. The van der Waals surface area contributed by atoms with E-state index in [1.807, 2.05) is 36.5 Å². The smallest absolute Gasteiger partial charge is 0.422 e. The quantitative estimate of drug-likeness (QED) is 0.411. The largest absolute Gasteiger partial charge is 0.467 e. The molecule has 34 heavy (non-hydrogen) atoms. The maximum Gasteiger partial charge on any atom is 0.422 e. The van der Waals surface area contributed by atoms with Crippen molar-refractivity contribution in [2.24, 2.45) is 0 Å². The molecule has 172 valence electrons. The molecule has 0 fully saturated rings. The van der Waals surface area contributed by atoms with Crippen molar-refractivity contribution >= 4 is 11.2 Å². The first-order chi connectivity index (χ1) is 16.4. The van der Waals surface area contributed by atoms with Crippen LogP contribution in [0.3, 0.4) is 0 Å². The number of aromatic nitrogens is 7. The second kappa shape index (κ2) is 8.46. The van der Waals surface area contributed by atoms with E-state index in [4.69, 9.17) is 4.74 Å². The Morgan fingerprint density at radius 1 is 1.03 bits per heavy atom. The van der Waals surface area contributed by atoms with E-state index < -0.39 is 18.5 Å². The number of nitrogens with one attached hydrogen (secondary N) is 1. The molecule has 5 aromatic rings. The molecule has 5 rings (SSSR count). The molecule has 0 bridgehead atoms. The minimum absolute atomic E-state index is 0.0829. The van der Waals surface area contributed by atoms with E-state index in [1.165, 1.54) is 29.1 Å². The molecular weight excluding hydrogens is 451 g/mol. The molecule has 0 aliphatic heterocycles. The number of fused-ring (bicyclic) bond motifs is 1. The van der Waals surface area contributed by atoms with Gasteiger partial charge in [0, 0.05) is 18.6 Å². The summed E-state index contributed by atoms with van der Waals surface area (Å²) in [5.41, 5.74) is 2.19. The van der Waals surface area contributed by atoms with Gasteiger partial charge in [-0.15, -0.1) is 0 Å². The van der Waals surface area contributed by atoms with E-state index in [1.54, 1.807) is 10.9 Å². The van der Waals surface area contributed by atoms with Crippen LogP contribution in [0.5, 0.6) is 5.88 Å². The highest BCUT2D eigenvalue weighted by Crippen LogP contribution is 2.27. The molecule has 1 aromatic carbocycles. The third kappa shape index (κ3) is 4.37.